The summed E-state index contributed by atoms with van der Waals surface area (Å²) in [6.07, 6.45) is 0.847. The molecule has 0 saturated carbocycles. The molecular formula is C32H32F2N4O6. The molecule has 0 radical (unpaired) electrons. The molecule has 1 unspecified atom stereocenters. The van der Waals surface area contributed by atoms with E-state index in [0.29, 0.717) is 48.6 Å². The molecule has 1 saturated heterocycles. The number of nitrogens with one attached hydrogen (secondary N) is 2. The van der Waals surface area contributed by atoms with Gasteiger partial charge >= 0.3 is 5.92 Å². The van der Waals surface area contributed by atoms with Crippen molar-refractivity contribution >= 4 is 22.7 Å². The minimum atomic E-state index is -3.56. The maximum absolute atomic E-state index is 13.7. The van der Waals surface area contributed by atoms with Crippen molar-refractivity contribution in [3.63, 3.8) is 0 Å². The van der Waals surface area contributed by atoms with E-state index < -0.39 is 30.1 Å². The van der Waals surface area contributed by atoms with Crippen LogP contribution in [-0.2, 0) is 9.53 Å². The first-order valence-corrected chi connectivity index (χ1v) is 14.4. The Morgan fingerprint density at radius 3 is 2.66 bits per heavy atom. The summed E-state index contributed by atoms with van der Waals surface area (Å²) in [5.74, 6) is -3.70. The van der Waals surface area contributed by atoms with E-state index in [1.54, 1.807) is 66.3 Å². The topological polar surface area (TPSA) is 113 Å². The molecule has 12 heteroatoms. The molecule has 4 aromatic rings. The first-order chi connectivity index (χ1) is 21.2. The fourth-order valence-electron chi connectivity index (χ4n) is 5.26. The lowest BCUT2D eigenvalue weighted by atomic mass is 10.1. The van der Waals surface area contributed by atoms with Gasteiger partial charge in [0.15, 0.2) is 23.7 Å². The number of rotatable bonds is 9. The van der Waals surface area contributed by atoms with Gasteiger partial charge in [0, 0.05) is 24.5 Å². The van der Waals surface area contributed by atoms with Gasteiger partial charge in [-0.3, -0.25) is 9.59 Å². The molecule has 230 valence electrons. The summed E-state index contributed by atoms with van der Waals surface area (Å²) in [5.41, 5.74) is 1.96. The predicted octanol–water partition coefficient (Wildman–Crippen LogP) is 4.29. The number of aromatic nitrogens is 2. The molecule has 2 aliphatic heterocycles. The monoisotopic (exact) mass is 606 g/mol. The molecule has 3 aromatic carbocycles. The summed E-state index contributed by atoms with van der Waals surface area (Å²) in [6, 6.07) is 18.7. The van der Waals surface area contributed by atoms with E-state index in [2.05, 4.69) is 15.7 Å². The Morgan fingerprint density at radius 2 is 1.89 bits per heavy atom. The number of carbonyl (C=O) groups is 2. The highest BCUT2D eigenvalue weighted by Gasteiger charge is 2.39. The molecule has 1 fully saturated rings. The minimum Gasteiger partial charge on any atom is -0.486 e. The Balaban J connectivity index is 1.24. The van der Waals surface area contributed by atoms with Crippen LogP contribution in [0.4, 0.5) is 8.78 Å². The summed E-state index contributed by atoms with van der Waals surface area (Å²) in [6.45, 7) is 3.35. The number of halogens is 2. The van der Waals surface area contributed by atoms with E-state index in [9.17, 15) is 18.4 Å². The lowest BCUT2D eigenvalue weighted by molar-refractivity contribution is -0.145. The Labute approximate surface area is 252 Å². The van der Waals surface area contributed by atoms with Crippen molar-refractivity contribution in [1.82, 2.24) is 20.4 Å². The van der Waals surface area contributed by atoms with Crippen LogP contribution in [0.15, 0.2) is 72.9 Å². The molecule has 0 spiro atoms. The van der Waals surface area contributed by atoms with Crippen LogP contribution in [0.1, 0.15) is 30.6 Å². The quantitative estimate of drug-likeness (QED) is 0.292. The first kappa shape index (κ1) is 29.4. The number of hydrogen-bond acceptors (Lipinski definition) is 7. The van der Waals surface area contributed by atoms with E-state index >= 15 is 0 Å². The first-order valence-electron chi connectivity index (χ1n) is 14.4. The molecule has 44 heavy (non-hydrogen) atoms. The van der Waals surface area contributed by atoms with Crippen molar-refractivity contribution in [2.45, 2.75) is 50.5 Å². The van der Waals surface area contributed by atoms with Crippen molar-refractivity contribution in [3.05, 3.63) is 78.5 Å². The van der Waals surface area contributed by atoms with Crippen molar-refractivity contribution in [2.24, 2.45) is 0 Å². The third-order valence-electron chi connectivity index (χ3n) is 7.58. The highest BCUT2D eigenvalue weighted by Crippen LogP contribution is 2.33. The number of amides is 2. The highest BCUT2D eigenvalue weighted by atomic mass is 19.3. The molecule has 2 N–H and O–H groups in total. The van der Waals surface area contributed by atoms with Gasteiger partial charge in [0.2, 0.25) is 0 Å². The molecule has 10 nitrogen and oxygen atoms in total. The lowest BCUT2D eigenvalue weighted by Gasteiger charge is -2.35. The second kappa shape index (κ2) is 12.1. The highest BCUT2D eigenvalue weighted by molar-refractivity contribution is 5.95. The summed E-state index contributed by atoms with van der Waals surface area (Å²) in [7, 11) is 0. The van der Waals surface area contributed by atoms with E-state index in [0.717, 1.165) is 17.3 Å². The SMILES string of the molecule is C[C@H](NC(=O)C(C)(F)F)[C@@H](Oc1ccc2c(cnn2-c2cccc(C(=O)N[C@H]3CCOC3)c2)c1)C1COc2ccccc2O1. The second-order valence-electron chi connectivity index (χ2n) is 11.0. The van der Waals surface area contributed by atoms with Gasteiger partial charge in [-0.1, -0.05) is 18.2 Å². The zero-order chi connectivity index (χ0) is 30.8. The second-order valence-corrected chi connectivity index (χ2v) is 11.0. The van der Waals surface area contributed by atoms with Crippen LogP contribution in [0, 0.1) is 0 Å². The minimum absolute atomic E-state index is 0.00578. The predicted molar refractivity (Wildman–Crippen MR) is 157 cm³/mol. The Bertz CT molecular complexity index is 1670. The van der Waals surface area contributed by atoms with E-state index in [1.165, 1.54) is 0 Å². The normalized spacial score (nSPS) is 19.3. The van der Waals surface area contributed by atoms with Gasteiger partial charge in [0.25, 0.3) is 11.8 Å². The number of nitrogens with zero attached hydrogens (tertiary/aromatic N) is 2. The summed E-state index contributed by atoms with van der Waals surface area (Å²) >= 11 is 0. The summed E-state index contributed by atoms with van der Waals surface area (Å²) in [5, 5.41) is 10.6. The fourth-order valence-corrected chi connectivity index (χ4v) is 5.26. The Morgan fingerprint density at radius 1 is 1.07 bits per heavy atom. The van der Waals surface area contributed by atoms with Crippen molar-refractivity contribution in [3.8, 4) is 22.9 Å². The van der Waals surface area contributed by atoms with Crippen LogP contribution >= 0.6 is 0 Å². The van der Waals surface area contributed by atoms with Gasteiger partial charge in [-0.15, -0.1) is 0 Å². The smallest absolute Gasteiger partial charge is 0.321 e. The maximum atomic E-state index is 13.7. The molecule has 3 heterocycles. The Kier molecular flexibility index (Phi) is 8.09. The van der Waals surface area contributed by atoms with Gasteiger partial charge in [0.05, 0.1) is 36.1 Å². The van der Waals surface area contributed by atoms with Gasteiger partial charge in [-0.05, 0) is 61.9 Å². The molecule has 1 aromatic heterocycles. The van der Waals surface area contributed by atoms with Gasteiger partial charge in [-0.2, -0.15) is 13.9 Å². The van der Waals surface area contributed by atoms with Crippen LogP contribution in [0.25, 0.3) is 16.6 Å². The number of carbonyl (C=O) groups excluding carboxylic acids is 2. The summed E-state index contributed by atoms with van der Waals surface area (Å²) < 4.78 is 52.8. The maximum Gasteiger partial charge on any atom is 0.321 e. The third-order valence-corrected chi connectivity index (χ3v) is 7.58. The van der Waals surface area contributed by atoms with Gasteiger partial charge < -0.3 is 29.6 Å². The van der Waals surface area contributed by atoms with Crippen LogP contribution < -0.4 is 24.8 Å². The standard InChI is InChI=1S/C32H32F2N4O6/c1-19(36-31(40)32(2,33)34)29(28-18-42-26-8-3-4-9-27(26)44-28)43-24-10-11-25-21(15-24)16-35-38(25)23-7-5-6-20(14-23)30(39)37-22-12-13-41-17-22/h3-11,14-16,19,22,28-29H,12-13,17-18H2,1-2H3,(H,36,40)(H,37,39)/t19-,22-,28?,29+/m0/s1. The Hall–Kier alpha value is -4.71. The van der Waals surface area contributed by atoms with E-state index in [1.807, 2.05) is 18.2 Å². The molecule has 0 bridgehead atoms. The molecular weight excluding hydrogens is 574 g/mol. The van der Waals surface area contributed by atoms with Crippen LogP contribution in [0.2, 0.25) is 0 Å². The van der Waals surface area contributed by atoms with Gasteiger partial charge in [0.1, 0.15) is 12.4 Å². The number of hydrogen-bond donors (Lipinski definition) is 2. The van der Waals surface area contributed by atoms with E-state index in [-0.39, 0.29) is 18.6 Å². The van der Waals surface area contributed by atoms with Gasteiger partial charge in [-0.25, -0.2) is 4.68 Å². The van der Waals surface area contributed by atoms with Crippen LogP contribution in [0.5, 0.6) is 17.2 Å². The summed E-state index contributed by atoms with van der Waals surface area (Å²) in [4.78, 5) is 25.0. The average molecular weight is 607 g/mol. The zero-order valence-electron chi connectivity index (χ0n) is 24.2. The number of benzene rings is 3. The molecule has 2 aliphatic rings. The zero-order valence-corrected chi connectivity index (χ0v) is 24.2. The van der Waals surface area contributed by atoms with E-state index in [4.69, 9.17) is 18.9 Å². The number of alkyl halides is 2. The van der Waals surface area contributed by atoms with Crippen LogP contribution in [-0.4, -0.2) is 71.6 Å². The van der Waals surface area contributed by atoms with Crippen LogP contribution in [0.3, 0.4) is 0 Å². The fraction of sp³-hybridized carbons (Fsp3) is 0.344. The molecule has 2 amide bonds. The molecule has 0 aliphatic carbocycles. The third kappa shape index (κ3) is 6.30. The lowest BCUT2D eigenvalue weighted by Crippen LogP contribution is -2.56. The number of para-hydroxylation sites is 2. The number of ether oxygens (including phenoxy) is 4. The largest absolute Gasteiger partial charge is 0.486 e. The molecule has 4 atom stereocenters. The van der Waals surface area contributed by atoms with Crippen molar-refractivity contribution < 1.29 is 37.3 Å². The van der Waals surface area contributed by atoms with Crippen molar-refractivity contribution in [1.29, 1.82) is 0 Å². The average Bonchev–Trinajstić information content (AvgIpc) is 3.69. The molecule has 6 rings (SSSR count). The van der Waals surface area contributed by atoms with Crippen molar-refractivity contribution in [2.75, 3.05) is 19.8 Å². The number of fused-ring (bicyclic) bond motifs is 2.